The van der Waals surface area contributed by atoms with Gasteiger partial charge in [-0.1, -0.05) is 13.0 Å². The number of rotatable bonds is 1. The molecule has 0 aromatic rings. The van der Waals surface area contributed by atoms with Crippen LogP contribution in [0.3, 0.4) is 0 Å². The van der Waals surface area contributed by atoms with Crippen molar-refractivity contribution >= 4 is 5.97 Å². The fourth-order valence-corrected chi connectivity index (χ4v) is 6.22. The van der Waals surface area contributed by atoms with E-state index in [-0.39, 0.29) is 18.5 Å². The number of esters is 1. The Morgan fingerprint density at radius 1 is 1.26 bits per heavy atom. The van der Waals surface area contributed by atoms with Crippen molar-refractivity contribution in [2.24, 2.45) is 11.3 Å². The van der Waals surface area contributed by atoms with Crippen molar-refractivity contribution in [1.82, 2.24) is 0 Å². The summed E-state index contributed by atoms with van der Waals surface area (Å²) in [4.78, 5) is 12.0. The number of hydrogen-bond donors (Lipinski definition) is 4. The molecule has 1 spiro atoms. The van der Waals surface area contributed by atoms with Gasteiger partial charge in [0.05, 0.1) is 11.7 Å². The molecule has 0 radical (unpaired) electrons. The van der Waals surface area contributed by atoms with E-state index >= 15 is 0 Å². The van der Waals surface area contributed by atoms with E-state index in [0.29, 0.717) is 24.8 Å². The Kier molecular flexibility index (Phi) is 3.07. The normalized spacial score (nSPS) is 53.3. The fraction of sp³-hybridized carbons (Fsp3) is 0.750. The molecule has 27 heavy (non-hydrogen) atoms. The molecule has 3 aliphatic carbocycles. The van der Waals surface area contributed by atoms with Crippen molar-refractivity contribution in [3.05, 3.63) is 23.3 Å². The van der Waals surface area contributed by atoms with E-state index in [2.05, 4.69) is 0 Å². The molecule has 1 saturated heterocycles. The smallest absolute Gasteiger partial charge is 0.334 e. The van der Waals surface area contributed by atoms with Gasteiger partial charge in [0.15, 0.2) is 5.60 Å². The third-order valence-electron chi connectivity index (χ3n) is 8.13. The molecule has 7 atom stereocenters. The molecule has 5 aliphatic rings. The zero-order valence-corrected chi connectivity index (χ0v) is 15.7. The fourth-order valence-electron chi connectivity index (χ4n) is 6.22. The molecule has 1 saturated carbocycles. The van der Waals surface area contributed by atoms with Gasteiger partial charge in [0.1, 0.15) is 23.9 Å². The quantitative estimate of drug-likeness (QED) is 0.287. The van der Waals surface area contributed by atoms with Gasteiger partial charge in [0, 0.05) is 11.0 Å². The standard InChI is InChI=1S/C20H26O7/c1-16(2,23)18(24)6-7-19(25)17(3)5-4-10-11(9-26-14(10)21)12(17)8-13-20(19,27-13)15(18)22/h6-7,12-13,15,22-25H,4-5,8-9H2,1-3H3/t12-,13-,15+,17-,18-,19+,20+/m0/s1. The lowest BCUT2D eigenvalue weighted by Crippen LogP contribution is -2.75. The van der Waals surface area contributed by atoms with E-state index in [1.54, 1.807) is 0 Å². The van der Waals surface area contributed by atoms with Crippen LogP contribution >= 0.6 is 0 Å². The van der Waals surface area contributed by atoms with Gasteiger partial charge in [0.2, 0.25) is 0 Å². The third kappa shape index (κ3) is 1.70. The number of epoxide rings is 1. The summed E-state index contributed by atoms with van der Waals surface area (Å²) in [6, 6.07) is 0. The summed E-state index contributed by atoms with van der Waals surface area (Å²) in [5.41, 5.74) is -5.52. The van der Waals surface area contributed by atoms with Crippen LogP contribution in [0, 0.1) is 11.3 Å². The molecule has 7 heteroatoms. The second-order valence-corrected chi connectivity index (χ2v) is 9.57. The monoisotopic (exact) mass is 378 g/mol. The van der Waals surface area contributed by atoms with Crippen LogP contribution in [0.4, 0.5) is 0 Å². The Morgan fingerprint density at radius 2 is 1.96 bits per heavy atom. The molecule has 7 nitrogen and oxygen atoms in total. The SMILES string of the molecule is CC(C)(O)[C@]1(O)C=C[C@]2(O)[C@]3(O[C@H]3C[C@H]3C4=C(CC[C@@]32C)C(=O)OC4)[C@@H]1O. The van der Waals surface area contributed by atoms with Crippen LogP contribution in [0.2, 0.25) is 0 Å². The third-order valence-corrected chi connectivity index (χ3v) is 8.13. The predicted molar refractivity (Wildman–Crippen MR) is 92.4 cm³/mol. The van der Waals surface area contributed by atoms with Crippen LogP contribution in [0.25, 0.3) is 0 Å². The second-order valence-electron chi connectivity index (χ2n) is 9.57. The molecule has 2 heterocycles. The maximum Gasteiger partial charge on any atom is 0.334 e. The zero-order chi connectivity index (χ0) is 19.6. The average molecular weight is 378 g/mol. The van der Waals surface area contributed by atoms with Crippen molar-refractivity contribution in [3.8, 4) is 0 Å². The molecule has 4 N–H and O–H groups in total. The van der Waals surface area contributed by atoms with Crippen LogP contribution in [0.15, 0.2) is 23.3 Å². The lowest BCUT2D eigenvalue weighted by Gasteiger charge is -2.60. The van der Waals surface area contributed by atoms with Gasteiger partial charge in [0.25, 0.3) is 0 Å². The number of aliphatic hydroxyl groups excluding tert-OH is 1. The maximum absolute atomic E-state index is 12.0. The summed E-state index contributed by atoms with van der Waals surface area (Å²) in [5, 5.41) is 44.5. The molecule has 0 amide bonds. The summed E-state index contributed by atoms with van der Waals surface area (Å²) < 4.78 is 11.2. The first-order valence-electron chi connectivity index (χ1n) is 9.55. The molecule has 0 aromatic carbocycles. The second kappa shape index (κ2) is 4.66. The first-order valence-corrected chi connectivity index (χ1v) is 9.55. The molecular weight excluding hydrogens is 352 g/mol. The molecule has 0 aromatic heterocycles. The van der Waals surface area contributed by atoms with Crippen LogP contribution in [-0.4, -0.2) is 67.6 Å². The molecular formula is C20H26O7. The molecule has 0 unspecified atom stereocenters. The minimum atomic E-state index is -1.94. The lowest BCUT2D eigenvalue weighted by atomic mass is 9.46. The van der Waals surface area contributed by atoms with Crippen molar-refractivity contribution < 1.29 is 34.7 Å². The van der Waals surface area contributed by atoms with Crippen LogP contribution in [0.1, 0.15) is 40.0 Å². The Bertz CT molecular complexity index is 810. The number of aliphatic hydroxyl groups is 4. The Labute approximate surface area is 157 Å². The zero-order valence-electron chi connectivity index (χ0n) is 15.7. The summed E-state index contributed by atoms with van der Waals surface area (Å²) in [6.45, 7) is 5.04. The van der Waals surface area contributed by atoms with Crippen LogP contribution in [-0.2, 0) is 14.3 Å². The number of carbonyl (C=O) groups is 1. The summed E-state index contributed by atoms with van der Waals surface area (Å²) in [5.74, 6) is -0.383. The number of fused-ring (bicyclic) bond motifs is 3. The van der Waals surface area contributed by atoms with Crippen molar-refractivity contribution in [2.75, 3.05) is 6.61 Å². The molecule has 2 aliphatic heterocycles. The summed E-state index contributed by atoms with van der Waals surface area (Å²) >= 11 is 0. The highest BCUT2D eigenvalue weighted by Crippen LogP contribution is 2.71. The van der Waals surface area contributed by atoms with Gasteiger partial charge in [-0.05, 0) is 50.7 Å². The molecule has 148 valence electrons. The minimum Gasteiger partial charge on any atom is -0.458 e. The number of hydrogen-bond acceptors (Lipinski definition) is 7. The molecule has 5 rings (SSSR count). The Hall–Kier alpha value is -1.25. The Morgan fingerprint density at radius 3 is 2.63 bits per heavy atom. The minimum absolute atomic E-state index is 0.108. The predicted octanol–water partition coefficient (Wildman–Crippen LogP) is -0.0388. The summed E-state index contributed by atoms with van der Waals surface area (Å²) in [6.07, 6.45) is 2.43. The van der Waals surface area contributed by atoms with Crippen LogP contribution in [0.5, 0.6) is 0 Å². The van der Waals surface area contributed by atoms with Gasteiger partial charge in [-0.3, -0.25) is 0 Å². The van der Waals surface area contributed by atoms with E-state index in [1.165, 1.54) is 26.0 Å². The van der Waals surface area contributed by atoms with Gasteiger partial charge >= 0.3 is 5.97 Å². The Balaban J connectivity index is 1.66. The first kappa shape index (κ1) is 17.8. The van der Waals surface area contributed by atoms with Gasteiger partial charge in [-0.2, -0.15) is 0 Å². The number of cyclic esters (lactones) is 1. The van der Waals surface area contributed by atoms with E-state index in [9.17, 15) is 25.2 Å². The lowest BCUT2D eigenvalue weighted by molar-refractivity contribution is -0.233. The maximum atomic E-state index is 12.0. The largest absolute Gasteiger partial charge is 0.458 e. The van der Waals surface area contributed by atoms with E-state index < -0.39 is 40.0 Å². The highest BCUT2D eigenvalue weighted by molar-refractivity contribution is 5.92. The van der Waals surface area contributed by atoms with Gasteiger partial charge in [-0.15, -0.1) is 0 Å². The van der Waals surface area contributed by atoms with Crippen molar-refractivity contribution in [3.63, 3.8) is 0 Å². The highest BCUT2D eigenvalue weighted by Gasteiger charge is 2.85. The highest BCUT2D eigenvalue weighted by atomic mass is 16.6. The van der Waals surface area contributed by atoms with Gasteiger partial charge < -0.3 is 29.9 Å². The molecule has 2 fully saturated rings. The number of ether oxygens (including phenoxy) is 2. The van der Waals surface area contributed by atoms with E-state index in [4.69, 9.17) is 9.47 Å². The van der Waals surface area contributed by atoms with E-state index in [0.717, 1.165) is 5.57 Å². The van der Waals surface area contributed by atoms with E-state index in [1.807, 2.05) is 6.92 Å². The van der Waals surface area contributed by atoms with Crippen molar-refractivity contribution in [2.45, 2.75) is 74.6 Å². The van der Waals surface area contributed by atoms with Gasteiger partial charge in [-0.25, -0.2) is 4.79 Å². The number of carbonyl (C=O) groups excluding carboxylic acids is 1. The topological polar surface area (TPSA) is 120 Å². The molecule has 0 bridgehead atoms. The summed E-state index contributed by atoms with van der Waals surface area (Å²) in [7, 11) is 0. The average Bonchev–Trinajstić information content (AvgIpc) is 3.21. The van der Waals surface area contributed by atoms with Crippen molar-refractivity contribution in [1.29, 1.82) is 0 Å². The van der Waals surface area contributed by atoms with Crippen LogP contribution < -0.4 is 0 Å². The first-order chi connectivity index (χ1) is 12.4.